The molecule has 1 aliphatic rings. The Kier molecular flexibility index (Phi) is 5.33. The van der Waals surface area contributed by atoms with Gasteiger partial charge in [0.05, 0.1) is 24.9 Å². The van der Waals surface area contributed by atoms with E-state index in [4.69, 9.17) is 4.74 Å². The summed E-state index contributed by atoms with van der Waals surface area (Å²) in [5.41, 5.74) is -0.163. The lowest BCUT2D eigenvalue weighted by atomic mass is 9.96. The summed E-state index contributed by atoms with van der Waals surface area (Å²) in [6, 6.07) is 9.15. The summed E-state index contributed by atoms with van der Waals surface area (Å²) >= 11 is 0. The van der Waals surface area contributed by atoms with Gasteiger partial charge in [0.1, 0.15) is 0 Å². The molecule has 0 radical (unpaired) electrons. The second-order valence-corrected chi connectivity index (χ2v) is 5.68. The molecule has 1 heterocycles. The molecule has 0 spiro atoms. The summed E-state index contributed by atoms with van der Waals surface area (Å²) in [6.45, 7) is 6.38. The van der Waals surface area contributed by atoms with Crippen LogP contribution >= 0.6 is 0 Å². The van der Waals surface area contributed by atoms with Crippen LogP contribution in [0.1, 0.15) is 19.4 Å². The number of carbonyl (C=O) groups excluding carboxylic acids is 1. The van der Waals surface area contributed by atoms with Crippen LogP contribution in [0.2, 0.25) is 0 Å². The molecule has 1 aromatic rings. The molecule has 0 aliphatic carbocycles. The van der Waals surface area contributed by atoms with Gasteiger partial charge in [-0.3, -0.25) is 4.79 Å². The van der Waals surface area contributed by atoms with Gasteiger partial charge in [0.25, 0.3) is 0 Å². The maximum absolute atomic E-state index is 12.3. The van der Waals surface area contributed by atoms with Crippen LogP contribution in [-0.2, 0) is 15.1 Å². The highest BCUT2D eigenvalue weighted by Crippen LogP contribution is 2.19. The fourth-order valence-electron chi connectivity index (χ4n) is 2.40. The Morgan fingerprint density at radius 1 is 1.38 bits per heavy atom. The van der Waals surface area contributed by atoms with E-state index >= 15 is 0 Å². The Bertz CT molecular complexity index is 456. The zero-order chi connectivity index (χ0) is 15.3. The molecular weight excluding hydrogens is 268 g/mol. The van der Waals surface area contributed by atoms with Gasteiger partial charge >= 0.3 is 0 Å². The Balaban J connectivity index is 1.88. The molecule has 5 nitrogen and oxygen atoms in total. The topological polar surface area (TPSA) is 61.8 Å². The zero-order valence-corrected chi connectivity index (χ0v) is 12.7. The summed E-state index contributed by atoms with van der Waals surface area (Å²) < 4.78 is 5.25. The van der Waals surface area contributed by atoms with Crippen molar-refractivity contribution >= 4 is 5.91 Å². The second-order valence-electron chi connectivity index (χ2n) is 5.68. The molecule has 21 heavy (non-hydrogen) atoms. The van der Waals surface area contributed by atoms with Crippen molar-refractivity contribution in [3.63, 3.8) is 0 Å². The van der Waals surface area contributed by atoms with Crippen molar-refractivity contribution in [2.45, 2.75) is 25.5 Å². The fraction of sp³-hybridized carbons (Fsp3) is 0.562. The average Bonchev–Trinajstić information content (AvgIpc) is 2.53. The lowest BCUT2D eigenvalue weighted by Gasteiger charge is -2.31. The molecule has 2 N–H and O–H groups in total. The van der Waals surface area contributed by atoms with Gasteiger partial charge in [-0.05, 0) is 19.4 Å². The van der Waals surface area contributed by atoms with E-state index in [0.717, 1.165) is 5.56 Å². The second kappa shape index (κ2) is 7.02. The predicted octanol–water partition coefficient (Wildman–Crippen LogP) is 0.731. The first kappa shape index (κ1) is 15.9. The van der Waals surface area contributed by atoms with Crippen molar-refractivity contribution in [3.05, 3.63) is 35.9 Å². The third-order valence-corrected chi connectivity index (χ3v) is 3.84. The SMILES string of the molecule is CC(NCC(C)(O)c1ccccc1)C(=O)N1CCOCC1. The van der Waals surface area contributed by atoms with Gasteiger partial charge in [-0.2, -0.15) is 0 Å². The molecule has 1 aliphatic heterocycles. The van der Waals surface area contributed by atoms with E-state index in [1.54, 1.807) is 11.8 Å². The van der Waals surface area contributed by atoms with Crippen molar-refractivity contribution in [2.24, 2.45) is 0 Å². The van der Waals surface area contributed by atoms with Gasteiger partial charge in [0, 0.05) is 19.6 Å². The van der Waals surface area contributed by atoms with Crippen molar-refractivity contribution in [2.75, 3.05) is 32.8 Å². The number of benzene rings is 1. The Hall–Kier alpha value is -1.43. The van der Waals surface area contributed by atoms with Crippen molar-refractivity contribution in [1.82, 2.24) is 10.2 Å². The third kappa shape index (κ3) is 4.27. The number of rotatable bonds is 5. The third-order valence-electron chi connectivity index (χ3n) is 3.84. The largest absolute Gasteiger partial charge is 0.384 e. The van der Waals surface area contributed by atoms with E-state index in [2.05, 4.69) is 5.32 Å². The molecule has 0 saturated carbocycles. The summed E-state index contributed by atoms with van der Waals surface area (Å²) in [5, 5.41) is 13.7. The highest BCUT2D eigenvalue weighted by Gasteiger charge is 2.27. The highest BCUT2D eigenvalue weighted by molar-refractivity contribution is 5.81. The summed E-state index contributed by atoms with van der Waals surface area (Å²) in [6.07, 6.45) is 0. The first-order valence-electron chi connectivity index (χ1n) is 7.38. The predicted molar refractivity (Wildman–Crippen MR) is 80.9 cm³/mol. The summed E-state index contributed by atoms with van der Waals surface area (Å²) in [5.74, 6) is 0.0576. The quantitative estimate of drug-likeness (QED) is 0.840. The van der Waals surface area contributed by atoms with Crippen LogP contribution in [0.25, 0.3) is 0 Å². The Morgan fingerprint density at radius 3 is 2.62 bits per heavy atom. The lowest BCUT2D eigenvalue weighted by molar-refractivity contribution is -0.137. The van der Waals surface area contributed by atoms with Crippen LogP contribution in [0, 0.1) is 0 Å². The first-order valence-corrected chi connectivity index (χ1v) is 7.38. The minimum Gasteiger partial charge on any atom is -0.384 e. The number of amides is 1. The van der Waals surface area contributed by atoms with E-state index in [1.807, 2.05) is 37.3 Å². The molecule has 1 saturated heterocycles. The van der Waals surface area contributed by atoms with Crippen molar-refractivity contribution in [1.29, 1.82) is 0 Å². The van der Waals surface area contributed by atoms with E-state index in [1.165, 1.54) is 0 Å². The summed E-state index contributed by atoms with van der Waals surface area (Å²) in [7, 11) is 0. The van der Waals surface area contributed by atoms with E-state index in [0.29, 0.717) is 32.8 Å². The summed E-state index contributed by atoms with van der Waals surface area (Å²) in [4.78, 5) is 14.1. The normalized spacial score (nSPS) is 19.9. The first-order chi connectivity index (χ1) is 10.0. The van der Waals surface area contributed by atoms with Crippen LogP contribution < -0.4 is 5.32 Å². The Labute approximate surface area is 125 Å². The smallest absolute Gasteiger partial charge is 0.239 e. The van der Waals surface area contributed by atoms with Crippen LogP contribution in [0.5, 0.6) is 0 Å². The van der Waals surface area contributed by atoms with Crippen LogP contribution in [0.4, 0.5) is 0 Å². The molecule has 1 aromatic carbocycles. The van der Waals surface area contributed by atoms with Gasteiger partial charge in [0.2, 0.25) is 5.91 Å². The molecule has 116 valence electrons. The molecule has 2 rings (SSSR count). The van der Waals surface area contributed by atoms with Crippen molar-refractivity contribution in [3.8, 4) is 0 Å². The van der Waals surface area contributed by atoms with Gasteiger partial charge in [-0.15, -0.1) is 0 Å². The molecule has 5 heteroatoms. The number of morpholine rings is 1. The van der Waals surface area contributed by atoms with Crippen molar-refractivity contribution < 1.29 is 14.6 Å². The highest BCUT2D eigenvalue weighted by atomic mass is 16.5. The lowest BCUT2D eigenvalue weighted by Crippen LogP contribution is -2.51. The molecule has 2 unspecified atom stereocenters. The van der Waals surface area contributed by atoms with Gasteiger partial charge in [-0.1, -0.05) is 30.3 Å². The number of nitrogens with one attached hydrogen (secondary N) is 1. The average molecular weight is 292 g/mol. The molecule has 2 atom stereocenters. The van der Waals surface area contributed by atoms with Gasteiger partial charge in [-0.25, -0.2) is 0 Å². The van der Waals surface area contributed by atoms with E-state index in [9.17, 15) is 9.90 Å². The number of aliphatic hydroxyl groups is 1. The maximum Gasteiger partial charge on any atom is 0.239 e. The number of ether oxygens (including phenoxy) is 1. The monoisotopic (exact) mass is 292 g/mol. The van der Waals surface area contributed by atoms with Crippen LogP contribution in [-0.4, -0.2) is 54.8 Å². The fourth-order valence-corrected chi connectivity index (χ4v) is 2.40. The molecule has 1 amide bonds. The van der Waals surface area contributed by atoms with Gasteiger partial charge in [0.15, 0.2) is 0 Å². The zero-order valence-electron chi connectivity index (χ0n) is 12.7. The van der Waals surface area contributed by atoms with E-state index < -0.39 is 5.60 Å². The molecular formula is C16H24N2O3. The Morgan fingerprint density at radius 2 is 2.00 bits per heavy atom. The number of hydrogen-bond acceptors (Lipinski definition) is 4. The number of nitrogens with zero attached hydrogens (tertiary/aromatic N) is 1. The van der Waals surface area contributed by atoms with Gasteiger partial charge < -0.3 is 20.1 Å². The molecule has 0 aromatic heterocycles. The minimum atomic E-state index is -0.999. The molecule has 1 fully saturated rings. The standard InChI is InChI=1S/C16H24N2O3/c1-13(15(19)18-8-10-21-11-9-18)17-12-16(2,20)14-6-4-3-5-7-14/h3-7,13,17,20H,8-12H2,1-2H3. The maximum atomic E-state index is 12.3. The minimum absolute atomic E-state index is 0.0576. The number of hydrogen-bond donors (Lipinski definition) is 2. The van der Waals surface area contributed by atoms with E-state index in [-0.39, 0.29) is 11.9 Å². The molecule has 0 bridgehead atoms. The van der Waals surface area contributed by atoms with Crippen LogP contribution in [0.3, 0.4) is 0 Å². The number of carbonyl (C=O) groups is 1. The van der Waals surface area contributed by atoms with Crippen LogP contribution in [0.15, 0.2) is 30.3 Å².